The van der Waals surface area contributed by atoms with E-state index < -0.39 is 0 Å². The summed E-state index contributed by atoms with van der Waals surface area (Å²) in [6, 6.07) is 7.92. The largest absolute Gasteiger partial charge is 0.337 e. The Balaban J connectivity index is 1.55. The van der Waals surface area contributed by atoms with Gasteiger partial charge in [-0.15, -0.1) is 0 Å². The van der Waals surface area contributed by atoms with Crippen LogP contribution in [0.15, 0.2) is 43.1 Å². The summed E-state index contributed by atoms with van der Waals surface area (Å²) in [4.78, 5) is 39.5. The number of anilines is 1. The molecule has 4 heterocycles. The van der Waals surface area contributed by atoms with Crippen molar-refractivity contribution in [3.63, 3.8) is 0 Å². The predicted octanol–water partition coefficient (Wildman–Crippen LogP) is 5.03. The number of imidazole rings is 1. The molecule has 0 bridgehead atoms. The van der Waals surface area contributed by atoms with Gasteiger partial charge in [0.05, 0.1) is 17.1 Å². The van der Waals surface area contributed by atoms with Gasteiger partial charge in [0.2, 0.25) is 11.9 Å². The molecule has 8 heteroatoms. The lowest BCUT2D eigenvalue weighted by molar-refractivity contribution is -0.126. The van der Waals surface area contributed by atoms with Crippen LogP contribution < -0.4 is 5.32 Å². The van der Waals surface area contributed by atoms with Gasteiger partial charge in [-0.3, -0.25) is 24.8 Å². The zero-order valence-corrected chi connectivity index (χ0v) is 22.6. The molecule has 2 amide bonds. The van der Waals surface area contributed by atoms with Crippen molar-refractivity contribution >= 4 is 28.8 Å². The second kappa shape index (κ2) is 11.5. The van der Waals surface area contributed by atoms with E-state index in [0.29, 0.717) is 24.6 Å². The fraction of sp³-hybridized carbons (Fsp3) is 0.467. The number of amides is 2. The smallest absolute Gasteiger partial charge is 0.258 e. The first-order valence-corrected chi connectivity index (χ1v) is 13.8. The second-order valence-electron chi connectivity index (χ2n) is 10.7. The molecule has 2 aromatic heterocycles. The van der Waals surface area contributed by atoms with E-state index in [-0.39, 0.29) is 17.9 Å². The Kier molecular flexibility index (Phi) is 7.88. The number of aromatic nitrogens is 3. The van der Waals surface area contributed by atoms with E-state index >= 15 is 0 Å². The third kappa shape index (κ3) is 5.65. The molecule has 8 nitrogen and oxygen atoms in total. The first kappa shape index (κ1) is 26.1. The number of carbonyl (C=O) groups is 2. The van der Waals surface area contributed by atoms with Gasteiger partial charge in [0.1, 0.15) is 0 Å². The number of pyridine rings is 1. The molecule has 0 unspecified atom stereocenters. The fourth-order valence-corrected chi connectivity index (χ4v) is 5.94. The number of nitrogens with one attached hydrogen (secondary N) is 1. The highest BCUT2D eigenvalue weighted by Crippen LogP contribution is 2.33. The van der Waals surface area contributed by atoms with Crippen molar-refractivity contribution in [1.82, 2.24) is 24.3 Å². The highest BCUT2D eigenvalue weighted by atomic mass is 16.2. The Hall–Kier alpha value is -3.52. The summed E-state index contributed by atoms with van der Waals surface area (Å²) in [5.41, 5.74) is 5.60. The summed E-state index contributed by atoms with van der Waals surface area (Å²) in [7, 11) is 0. The van der Waals surface area contributed by atoms with E-state index in [1.165, 1.54) is 30.9 Å². The Bertz CT molecular complexity index is 1340. The summed E-state index contributed by atoms with van der Waals surface area (Å²) in [5.74, 6) is 0.251. The van der Waals surface area contributed by atoms with Crippen LogP contribution in [0.4, 0.5) is 5.95 Å². The van der Waals surface area contributed by atoms with Crippen LogP contribution >= 0.6 is 0 Å². The third-order valence-electron chi connectivity index (χ3n) is 7.77. The molecule has 0 spiro atoms. The molecule has 0 aliphatic carbocycles. The summed E-state index contributed by atoms with van der Waals surface area (Å²) in [6.07, 6.45) is 9.69. The van der Waals surface area contributed by atoms with Crippen LogP contribution in [0, 0.1) is 13.8 Å². The Morgan fingerprint density at radius 3 is 2.63 bits per heavy atom. The first-order valence-electron chi connectivity index (χ1n) is 13.8. The maximum Gasteiger partial charge on any atom is 0.258 e. The molecule has 0 radical (unpaired) electrons. The molecule has 2 saturated heterocycles. The Labute approximate surface area is 224 Å². The molecule has 38 heavy (non-hydrogen) atoms. The van der Waals surface area contributed by atoms with Crippen LogP contribution in [0.2, 0.25) is 0 Å². The number of fused-ring (bicyclic) bond motifs is 1. The van der Waals surface area contributed by atoms with Gasteiger partial charge < -0.3 is 9.47 Å². The highest BCUT2D eigenvalue weighted by Gasteiger charge is 2.27. The molecule has 5 rings (SSSR count). The van der Waals surface area contributed by atoms with Gasteiger partial charge >= 0.3 is 0 Å². The van der Waals surface area contributed by atoms with Crippen LogP contribution in [0.3, 0.4) is 0 Å². The zero-order chi connectivity index (χ0) is 26.6. The van der Waals surface area contributed by atoms with Gasteiger partial charge in [-0.25, -0.2) is 4.98 Å². The van der Waals surface area contributed by atoms with E-state index in [1.54, 1.807) is 18.3 Å². The minimum absolute atomic E-state index is 0.00693. The minimum atomic E-state index is -0.217. The average molecular weight is 515 g/mol. The van der Waals surface area contributed by atoms with Gasteiger partial charge in [-0.2, -0.15) is 0 Å². The number of piperidine rings is 1. The molecule has 1 atom stereocenters. The molecule has 0 saturated carbocycles. The molecule has 2 fully saturated rings. The van der Waals surface area contributed by atoms with E-state index in [0.717, 1.165) is 61.2 Å². The van der Waals surface area contributed by atoms with Crippen molar-refractivity contribution in [3.8, 4) is 0 Å². The van der Waals surface area contributed by atoms with Crippen LogP contribution in [-0.2, 0) is 11.3 Å². The topological polar surface area (TPSA) is 83.4 Å². The van der Waals surface area contributed by atoms with Crippen LogP contribution in [0.1, 0.15) is 71.7 Å². The number of nitrogens with zero attached hydrogens (tertiary/aromatic N) is 5. The van der Waals surface area contributed by atoms with Gasteiger partial charge in [0, 0.05) is 37.1 Å². The van der Waals surface area contributed by atoms with Gasteiger partial charge in [-0.05, 0) is 94.4 Å². The highest BCUT2D eigenvalue weighted by molar-refractivity contribution is 6.04. The molecular formula is C30H38N6O2. The number of likely N-dealkylation sites (tertiary alicyclic amines) is 2. The quantitative estimate of drug-likeness (QED) is 0.467. The molecule has 2 aliphatic rings. The average Bonchev–Trinajstić information content (AvgIpc) is 3.09. The third-order valence-corrected chi connectivity index (χ3v) is 7.77. The summed E-state index contributed by atoms with van der Waals surface area (Å²) >= 11 is 0. The SMILES string of the molecule is C=CC(=O)N1CCCC[C@@H](n2c(NC(=O)c3ccnc(C)c3)nc3cc(CN4CCCCC4)cc(C)c32)C1. The van der Waals surface area contributed by atoms with Crippen molar-refractivity contribution in [2.75, 3.05) is 31.5 Å². The molecule has 200 valence electrons. The lowest BCUT2D eigenvalue weighted by Gasteiger charge is -2.27. The number of benzene rings is 1. The van der Waals surface area contributed by atoms with Crippen molar-refractivity contribution in [2.24, 2.45) is 0 Å². The molecule has 1 N–H and O–H groups in total. The standard InChI is InChI=1S/C30H38N6O2/c1-4-27(37)35-15-9-6-10-25(20-35)36-28-21(2)16-23(19-34-13-7-5-8-14-34)18-26(28)32-30(36)33-29(38)24-11-12-31-22(3)17-24/h4,11-12,16-18,25H,1,5-10,13-15,19-20H2,2-3H3,(H,32,33,38)/t25-/m1/s1. The number of hydrogen-bond acceptors (Lipinski definition) is 5. The first-order chi connectivity index (χ1) is 18.4. The van der Waals surface area contributed by atoms with Crippen molar-refractivity contribution in [2.45, 2.75) is 65.0 Å². The van der Waals surface area contributed by atoms with Crippen molar-refractivity contribution in [3.05, 3.63) is 65.5 Å². The fourth-order valence-electron chi connectivity index (χ4n) is 5.94. The van der Waals surface area contributed by atoms with Crippen LogP contribution in [0.25, 0.3) is 11.0 Å². The maximum absolute atomic E-state index is 13.3. The summed E-state index contributed by atoms with van der Waals surface area (Å²) in [6.45, 7) is 12.1. The number of rotatable bonds is 6. The molecule has 3 aromatic rings. The van der Waals surface area contributed by atoms with Crippen molar-refractivity contribution in [1.29, 1.82) is 0 Å². The predicted molar refractivity (Wildman–Crippen MR) is 150 cm³/mol. The number of carbonyl (C=O) groups excluding carboxylic acids is 2. The van der Waals surface area contributed by atoms with E-state index in [9.17, 15) is 9.59 Å². The normalized spacial score (nSPS) is 18.8. The number of aryl methyl sites for hydroxylation is 2. The van der Waals surface area contributed by atoms with Crippen molar-refractivity contribution < 1.29 is 9.59 Å². The lowest BCUT2D eigenvalue weighted by atomic mass is 10.1. The van der Waals surface area contributed by atoms with Gasteiger partial charge in [0.25, 0.3) is 5.91 Å². The summed E-state index contributed by atoms with van der Waals surface area (Å²) < 4.78 is 2.16. The van der Waals surface area contributed by atoms with Crippen LogP contribution in [0.5, 0.6) is 0 Å². The van der Waals surface area contributed by atoms with Gasteiger partial charge in [-0.1, -0.05) is 19.1 Å². The number of hydrogen-bond donors (Lipinski definition) is 1. The van der Waals surface area contributed by atoms with E-state index in [4.69, 9.17) is 4.98 Å². The second-order valence-corrected chi connectivity index (χ2v) is 10.7. The summed E-state index contributed by atoms with van der Waals surface area (Å²) in [5, 5.41) is 3.10. The molecule has 2 aliphatic heterocycles. The maximum atomic E-state index is 13.3. The zero-order valence-electron chi connectivity index (χ0n) is 22.6. The van der Waals surface area contributed by atoms with Crippen LogP contribution in [-0.4, -0.2) is 62.3 Å². The molecule has 1 aromatic carbocycles. The van der Waals surface area contributed by atoms with Gasteiger partial charge in [0.15, 0.2) is 0 Å². The Morgan fingerprint density at radius 1 is 1.08 bits per heavy atom. The van der Waals surface area contributed by atoms with E-state index in [1.807, 2.05) is 11.8 Å². The minimum Gasteiger partial charge on any atom is -0.337 e. The monoisotopic (exact) mass is 514 g/mol. The molecular weight excluding hydrogens is 476 g/mol. The lowest BCUT2D eigenvalue weighted by Crippen LogP contribution is -2.34. The Morgan fingerprint density at radius 2 is 1.87 bits per heavy atom. The van der Waals surface area contributed by atoms with E-state index in [2.05, 4.69) is 45.4 Å².